The van der Waals surface area contributed by atoms with Gasteiger partial charge in [0.25, 0.3) is 0 Å². The number of nitrogens with zero attached hydrogens (tertiary/aromatic N) is 1. The van der Waals surface area contributed by atoms with Crippen LogP contribution >= 0.6 is 0 Å². The van der Waals surface area contributed by atoms with E-state index in [1.807, 2.05) is 0 Å². The van der Waals surface area contributed by atoms with Gasteiger partial charge in [-0.15, -0.1) is 0 Å². The fourth-order valence-corrected chi connectivity index (χ4v) is 2.72. The number of aliphatic hydroxyl groups excluding tert-OH is 1. The van der Waals surface area contributed by atoms with Crippen molar-refractivity contribution in [3.63, 3.8) is 0 Å². The molecule has 1 rings (SSSR count). The Hall–Kier alpha value is -0.960. The molecule has 1 unspecified atom stereocenters. The van der Waals surface area contributed by atoms with E-state index >= 15 is 0 Å². The fourth-order valence-electron chi connectivity index (χ4n) is 1.24. The molecule has 0 bridgehead atoms. The third-order valence-electron chi connectivity index (χ3n) is 2.22. The second-order valence-corrected chi connectivity index (χ2v) is 5.84. The minimum Gasteiger partial charge on any atom is -0.393 e. The maximum Gasteiger partial charge on any atom is 0.246 e. The molecule has 0 radical (unpaired) electrons. The first-order chi connectivity index (χ1) is 7.69. The topological polar surface area (TPSA) is 113 Å². The van der Waals surface area contributed by atoms with Gasteiger partial charge in [-0.3, -0.25) is 0 Å². The van der Waals surface area contributed by atoms with Crippen LogP contribution in [0.3, 0.4) is 0 Å². The van der Waals surface area contributed by atoms with Crippen molar-refractivity contribution in [1.82, 2.24) is 9.88 Å². The molecule has 17 heavy (non-hydrogen) atoms. The Morgan fingerprint density at radius 1 is 1.47 bits per heavy atom. The molecule has 1 heterocycles. The molecule has 0 aliphatic rings. The summed E-state index contributed by atoms with van der Waals surface area (Å²) in [5, 5.41) is 21.9. The SMILES string of the molecule is Cc1noc(C)c1S(=O)(=O)NCC(C)(O)CO. The molecule has 8 heteroatoms. The number of nitrogens with one attached hydrogen (secondary N) is 1. The molecule has 3 N–H and O–H groups in total. The Bertz CT molecular complexity index is 472. The van der Waals surface area contributed by atoms with Gasteiger partial charge in [-0.1, -0.05) is 5.16 Å². The zero-order valence-corrected chi connectivity index (χ0v) is 10.7. The standard InChI is InChI=1S/C9H16N2O5S/c1-6-8(7(2)16-11-6)17(14,15)10-4-9(3,13)5-12/h10,12-13H,4-5H2,1-3H3. The van der Waals surface area contributed by atoms with Gasteiger partial charge < -0.3 is 14.7 Å². The summed E-state index contributed by atoms with van der Waals surface area (Å²) in [5.74, 6) is 0.179. The number of aliphatic hydroxyl groups is 2. The van der Waals surface area contributed by atoms with Crippen molar-refractivity contribution in [2.45, 2.75) is 31.3 Å². The Morgan fingerprint density at radius 3 is 2.47 bits per heavy atom. The third-order valence-corrected chi connectivity index (χ3v) is 3.86. The van der Waals surface area contributed by atoms with Gasteiger partial charge in [0.05, 0.1) is 12.2 Å². The summed E-state index contributed by atoms with van der Waals surface area (Å²) >= 11 is 0. The Labute approximate surface area is 99.5 Å². The van der Waals surface area contributed by atoms with E-state index in [-0.39, 0.29) is 22.9 Å². The van der Waals surface area contributed by atoms with E-state index < -0.39 is 22.2 Å². The average molecular weight is 264 g/mol. The first kappa shape index (κ1) is 14.1. The van der Waals surface area contributed by atoms with E-state index in [1.165, 1.54) is 20.8 Å². The number of aryl methyl sites for hydroxylation is 2. The molecule has 0 saturated heterocycles. The molecule has 0 spiro atoms. The molecule has 1 atom stereocenters. The summed E-state index contributed by atoms with van der Waals surface area (Å²) in [7, 11) is -3.80. The molecule has 1 aromatic rings. The minimum absolute atomic E-state index is 0.0359. The molecule has 1 aromatic heterocycles. The summed E-state index contributed by atoms with van der Waals surface area (Å²) in [6.45, 7) is 3.48. The van der Waals surface area contributed by atoms with Crippen molar-refractivity contribution in [3.05, 3.63) is 11.5 Å². The highest BCUT2D eigenvalue weighted by Crippen LogP contribution is 2.18. The molecule has 0 fully saturated rings. The lowest BCUT2D eigenvalue weighted by Gasteiger charge is -2.20. The van der Waals surface area contributed by atoms with Crippen LogP contribution in [0.5, 0.6) is 0 Å². The first-order valence-corrected chi connectivity index (χ1v) is 6.44. The smallest absolute Gasteiger partial charge is 0.246 e. The molecule has 0 aromatic carbocycles. The van der Waals surface area contributed by atoms with Crippen LogP contribution in [0.4, 0.5) is 0 Å². The molecular weight excluding hydrogens is 248 g/mol. The minimum atomic E-state index is -3.80. The van der Waals surface area contributed by atoms with Crippen LogP contribution in [-0.4, -0.2) is 42.5 Å². The van der Waals surface area contributed by atoms with Crippen molar-refractivity contribution in [1.29, 1.82) is 0 Å². The molecular formula is C9H16N2O5S. The predicted molar refractivity (Wildman–Crippen MR) is 58.9 cm³/mol. The number of rotatable bonds is 5. The van der Waals surface area contributed by atoms with E-state index in [0.29, 0.717) is 0 Å². The van der Waals surface area contributed by atoms with Crippen LogP contribution in [0.15, 0.2) is 9.42 Å². The number of hydrogen-bond donors (Lipinski definition) is 3. The van der Waals surface area contributed by atoms with Gasteiger partial charge in [0.1, 0.15) is 10.6 Å². The summed E-state index contributed by atoms with van der Waals surface area (Å²) in [6, 6.07) is 0. The van der Waals surface area contributed by atoms with Crippen molar-refractivity contribution >= 4 is 10.0 Å². The lowest BCUT2D eigenvalue weighted by atomic mass is 10.1. The fraction of sp³-hybridized carbons (Fsp3) is 0.667. The second kappa shape index (κ2) is 4.73. The zero-order chi connectivity index (χ0) is 13.3. The van der Waals surface area contributed by atoms with Gasteiger partial charge in [-0.25, -0.2) is 13.1 Å². The summed E-state index contributed by atoms with van der Waals surface area (Å²) < 4.78 is 30.7. The summed E-state index contributed by atoms with van der Waals surface area (Å²) in [5.41, 5.74) is -1.26. The van der Waals surface area contributed by atoms with Gasteiger partial charge in [0, 0.05) is 6.54 Å². The summed E-state index contributed by atoms with van der Waals surface area (Å²) in [6.07, 6.45) is 0. The molecule has 0 amide bonds. The van der Waals surface area contributed by atoms with Crippen molar-refractivity contribution < 1.29 is 23.2 Å². The lowest BCUT2D eigenvalue weighted by molar-refractivity contribution is 0.00680. The monoisotopic (exact) mass is 264 g/mol. The highest BCUT2D eigenvalue weighted by Gasteiger charge is 2.27. The van der Waals surface area contributed by atoms with Gasteiger partial charge >= 0.3 is 0 Å². The van der Waals surface area contributed by atoms with Crippen LogP contribution < -0.4 is 4.72 Å². The first-order valence-electron chi connectivity index (χ1n) is 4.95. The predicted octanol–water partition coefficient (Wildman–Crippen LogP) is -0.687. The number of hydrogen-bond acceptors (Lipinski definition) is 6. The van der Waals surface area contributed by atoms with E-state index in [0.717, 1.165) is 0 Å². The van der Waals surface area contributed by atoms with Crippen molar-refractivity contribution in [2.24, 2.45) is 0 Å². The van der Waals surface area contributed by atoms with Crippen LogP contribution in [0.1, 0.15) is 18.4 Å². The molecule has 7 nitrogen and oxygen atoms in total. The van der Waals surface area contributed by atoms with Gasteiger partial charge in [-0.05, 0) is 20.8 Å². The van der Waals surface area contributed by atoms with Crippen LogP contribution in [0.25, 0.3) is 0 Å². The summed E-state index contributed by atoms with van der Waals surface area (Å²) in [4.78, 5) is -0.0359. The second-order valence-electron chi connectivity index (χ2n) is 4.13. The molecule has 0 aliphatic carbocycles. The van der Waals surface area contributed by atoms with Crippen LogP contribution in [0.2, 0.25) is 0 Å². The van der Waals surface area contributed by atoms with Crippen LogP contribution in [-0.2, 0) is 10.0 Å². The van der Waals surface area contributed by atoms with E-state index in [9.17, 15) is 13.5 Å². The van der Waals surface area contributed by atoms with Crippen molar-refractivity contribution in [2.75, 3.05) is 13.2 Å². The maximum absolute atomic E-state index is 11.9. The zero-order valence-electron chi connectivity index (χ0n) is 9.89. The van der Waals surface area contributed by atoms with Crippen LogP contribution in [0, 0.1) is 13.8 Å². The molecule has 0 aliphatic heterocycles. The Kier molecular flexibility index (Phi) is 3.92. The maximum atomic E-state index is 11.9. The Morgan fingerprint density at radius 2 is 2.06 bits per heavy atom. The highest BCUT2D eigenvalue weighted by molar-refractivity contribution is 7.89. The van der Waals surface area contributed by atoms with E-state index in [1.54, 1.807) is 0 Å². The average Bonchev–Trinajstić information content (AvgIpc) is 2.57. The van der Waals surface area contributed by atoms with E-state index in [4.69, 9.17) is 9.63 Å². The number of sulfonamides is 1. The van der Waals surface area contributed by atoms with Gasteiger partial charge in [0.15, 0.2) is 5.76 Å². The largest absolute Gasteiger partial charge is 0.393 e. The normalized spacial score (nSPS) is 15.8. The lowest BCUT2D eigenvalue weighted by Crippen LogP contribution is -2.43. The Balaban J connectivity index is 2.91. The molecule has 0 saturated carbocycles. The third kappa shape index (κ3) is 3.25. The number of aromatic nitrogens is 1. The van der Waals surface area contributed by atoms with Gasteiger partial charge in [0.2, 0.25) is 10.0 Å². The van der Waals surface area contributed by atoms with E-state index in [2.05, 4.69) is 9.88 Å². The highest BCUT2D eigenvalue weighted by atomic mass is 32.2. The van der Waals surface area contributed by atoms with Crippen molar-refractivity contribution in [3.8, 4) is 0 Å². The molecule has 98 valence electrons. The van der Waals surface area contributed by atoms with Gasteiger partial charge in [-0.2, -0.15) is 0 Å². The quantitative estimate of drug-likeness (QED) is 0.649.